The second-order valence-electron chi connectivity index (χ2n) is 17.2. The Balaban J connectivity index is 0.000000169. The minimum Gasteiger partial charge on any atom is -0.472 e. The Kier molecular flexibility index (Phi) is 19.1. The summed E-state index contributed by atoms with van der Waals surface area (Å²) in [4.78, 5) is 24.3. The minimum absolute atomic E-state index is 0.0406. The van der Waals surface area contributed by atoms with Crippen LogP contribution in [0.15, 0.2) is 157 Å². The van der Waals surface area contributed by atoms with Crippen LogP contribution in [0.25, 0.3) is 43.6 Å². The molecule has 14 heteroatoms. The minimum atomic E-state index is -0.499. The van der Waals surface area contributed by atoms with Crippen LogP contribution in [0.5, 0.6) is 11.8 Å². The van der Waals surface area contributed by atoms with Crippen LogP contribution in [0.3, 0.4) is 0 Å². The van der Waals surface area contributed by atoms with Crippen molar-refractivity contribution >= 4 is 43.6 Å². The van der Waals surface area contributed by atoms with Gasteiger partial charge in [0, 0.05) is 13.1 Å². The number of aliphatic hydroxyl groups is 2. The fourth-order valence-electron chi connectivity index (χ4n) is 7.67. The Bertz CT molecular complexity index is 2830. The van der Waals surface area contributed by atoms with E-state index in [1.54, 1.807) is 58.3 Å². The second-order valence-corrected chi connectivity index (χ2v) is 17.2. The average Bonchev–Trinajstić information content (AvgIpc) is 4.01. The third kappa shape index (κ3) is 13.0. The third-order valence-electron chi connectivity index (χ3n) is 10.4. The predicted molar refractivity (Wildman–Crippen MR) is 277 cm³/mol. The second kappa shape index (κ2) is 25.1. The SMILES string of the molecule is C=CCOc1nn(CC(C)C)c2ccccc12.C=CCOc1nn(CC(C)O)c2ccccc12.C=CCn1c(=O)c2ccccc2n1CC(C)C.C=CCn1c(=O)c2ccccc2n1CC(C)O. The molecule has 0 saturated carbocycles. The molecule has 2 unspecified atom stereocenters. The molecule has 4 aromatic carbocycles. The molecule has 0 aliphatic heterocycles. The number of benzene rings is 4. The number of para-hydroxylation sites is 4. The summed E-state index contributed by atoms with van der Waals surface area (Å²) >= 11 is 0. The molecule has 8 aromatic rings. The highest BCUT2D eigenvalue weighted by Gasteiger charge is 2.16. The molecule has 2 atom stereocenters. The van der Waals surface area contributed by atoms with E-state index in [0.29, 0.717) is 68.4 Å². The van der Waals surface area contributed by atoms with Crippen LogP contribution in [0.2, 0.25) is 0 Å². The molecule has 0 spiro atoms. The Morgan fingerprint density at radius 3 is 1.19 bits per heavy atom. The molecule has 0 fully saturated rings. The standard InChI is InChI=1S/2C14H18N2O.2C13H16N2O2/c1-4-9-17-14-12-7-5-6-8-13(12)16(15-14)10-11(2)3;1-4-9-15-14(17)12-7-5-6-8-13(12)16(15)10-11(2)3;1-3-8-17-13-11-6-4-5-7-12(11)15(14-13)9-10(2)16;1-3-8-14-13(17)11-6-4-5-7-12(11)15(14)9-10(2)16/h2*4-8,11H,1,9-10H2,2-3H3;2*3-7,10,16H,1,8-9H2,2H3. The Labute approximate surface area is 398 Å². The number of fused-ring (bicyclic) bond motifs is 4. The Morgan fingerprint density at radius 2 is 0.824 bits per heavy atom. The lowest BCUT2D eigenvalue weighted by Gasteiger charge is -2.13. The van der Waals surface area contributed by atoms with Crippen LogP contribution in [0.1, 0.15) is 41.5 Å². The van der Waals surface area contributed by atoms with E-state index < -0.39 is 12.2 Å². The summed E-state index contributed by atoms with van der Waals surface area (Å²) in [6.45, 7) is 31.3. The topological polar surface area (TPSA) is 148 Å². The zero-order chi connectivity index (χ0) is 49.3. The van der Waals surface area contributed by atoms with E-state index in [4.69, 9.17) is 9.47 Å². The first-order valence-corrected chi connectivity index (χ1v) is 23.1. The van der Waals surface area contributed by atoms with Gasteiger partial charge in [-0.1, -0.05) is 114 Å². The van der Waals surface area contributed by atoms with E-state index in [2.05, 4.69) is 75.0 Å². The molecule has 0 radical (unpaired) electrons. The van der Waals surface area contributed by atoms with Gasteiger partial charge in [-0.25, -0.2) is 9.36 Å². The summed E-state index contributed by atoms with van der Waals surface area (Å²) in [5.74, 6) is 2.34. The first-order valence-electron chi connectivity index (χ1n) is 23.1. The zero-order valence-corrected chi connectivity index (χ0v) is 40.4. The van der Waals surface area contributed by atoms with Crippen molar-refractivity contribution in [1.29, 1.82) is 0 Å². The highest BCUT2D eigenvalue weighted by atomic mass is 16.5. The fourth-order valence-corrected chi connectivity index (χ4v) is 7.67. The van der Waals surface area contributed by atoms with E-state index >= 15 is 0 Å². The lowest BCUT2D eigenvalue weighted by molar-refractivity contribution is 0.163. The lowest BCUT2D eigenvalue weighted by Crippen LogP contribution is -2.25. The summed E-state index contributed by atoms with van der Waals surface area (Å²) in [7, 11) is 0. The van der Waals surface area contributed by atoms with E-state index in [-0.39, 0.29) is 11.1 Å². The first kappa shape index (κ1) is 51.8. The lowest BCUT2D eigenvalue weighted by atomic mass is 10.2. The summed E-state index contributed by atoms with van der Waals surface area (Å²) in [5, 5.41) is 31.3. The van der Waals surface area contributed by atoms with Crippen LogP contribution < -0.4 is 20.6 Å². The zero-order valence-electron chi connectivity index (χ0n) is 40.4. The van der Waals surface area contributed by atoms with Crippen LogP contribution in [0, 0.1) is 11.8 Å². The molecule has 0 saturated heterocycles. The molecule has 0 bridgehead atoms. The van der Waals surface area contributed by atoms with Crippen LogP contribution in [-0.4, -0.2) is 73.9 Å². The number of ether oxygens (including phenoxy) is 2. The van der Waals surface area contributed by atoms with Gasteiger partial charge < -0.3 is 19.7 Å². The van der Waals surface area contributed by atoms with E-state index in [9.17, 15) is 19.8 Å². The highest BCUT2D eigenvalue weighted by Crippen LogP contribution is 2.26. The number of allylic oxidation sites excluding steroid dienone is 2. The molecule has 4 heterocycles. The van der Waals surface area contributed by atoms with Gasteiger partial charge in [0.05, 0.1) is 82.0 Å². The molecule has 68 heavy (non-hydrogen) atoms. The molecular weight excluding hydrogens is 857 g/mol. The average molecular weight is 925 g/mol. The highest BCUT2D eigenvalue weighted by molar-refractivity contribution is 5.85. The Hall–Kier alpha value is -7.16. The molecule has 360 valence electrons. The van der Waals surface area contributed by atoms with Gasteiger partial charge in [0.25, 0.3) is 11.1 Å². The third-order valence-corrected chi connectivity index (χ3v) is 10.4. The fraction of sp³-hybridized carbons (Fsp3) is 0.333. The van der Waals surface area contributed by atoms with Gasteiger partial charge in [-0.15, -0.1) is 23.4 Å². The maximum atomic E-state index is 12.2. The number of aromatic nitrogens is 8. The maximum Gasteiger partial charge on any atom is 0.274 e. The Morgan fingerprint density at radius 1 is 0.471 bits per heavy atom. The number of nitrogens with zero attached hydrogens (tertiary/aromatic N) is 8. The van der Waals surface area contributed by atoms with Gasteiger partial charge >= 0.3 is 0 Å². The van der Waals surface area contributed by atoms with Crippen LogP contribution >= 0.6 is 0 Å². The van der Waals surface area contributed by atoms with Crippen molar-refractivity contribution in [3.05, 3.63) is 168 Å². The van der Waals surface area contributed by atoms with Crippen molar-refractivity contribution in [2.45, 2.75) is 93.0 Å². The van der Waals surface area contributed by atoms with Crippen molar-refractivity contribution in [3.8, 4) is 11.8 Å². The predicted octanol–water partition coefficient (Wildman–Crippen LogP) is 9.25. The molecule has 2 N–H and O–H groups in total. The van der Waals surface area contributed by atoms with Crippen LogP contribution in [0.4, 0.5) is 0 Å². The summed E-state index contributed by atoms with van der Waals surface area (Å²) < 4.78 is 22.1. The molecular formula is C54H68N8O6. The summed E-state index contributed by atoms with van der Waals surface area (Å²) in [6.07, 6.45) is 5.92. The van der Waals surface area contributed by atoms with Crippen molar-refractivity contribution in [2.75, 3.05) is 13.2 Å². The number of hydrogen-bond donors (Lipinski definition) is 2. The first-order chi connectivity index (χ1) is 32.7. The van der Waals surface area contributed by atoms with Gasteiger partial charge in [0.1, 0.15) is 13.2 Å². The van der Waals surface area contributed by atoms with Crippen molar-refractivity contribution in [2.24, 2.45) is 11.8 Å². The van der Waals surface area contributed by atoms with E-state index in [1.807, 2.05) is 94.3 Å². The molecule has 4 aromatic heterocycles. The van der Waals surface area contributed by atoms with E-state index in [1.165, 1.54) is 0 Å². The molecule has 0 amide bonds. The normalized spacial score (nSPS) is 11.9. The quantitative estimate of drug-likeness (QED) is 0.0810. The molecule has 8 rings (SSSR count). The van der Waals surface area contributed by atoms with Crippen molar-refractivity contribution in [3.63, 3.8) is 0 Å². The van der Waals surface area contributed by atoms with Gasteiger partial charge in [-0.05, 0) is 74.2 Å². The molecule has 0 aliphatic rings. The van der Waals surface area contributed by atoms with Crippen molar-refractivity contribution in [1.82, 2.24) is 38.3 Å². The monoisotopic (exact) mass is 925 g/mol. The smallest absolute Gasteiger partial charge is 0.274 e. The number of hydrogen-bond acceptors (Lipinski definition) is 8. The van der Waals surface area contributed by atoms with Gasteiger partial charge in [-0.2, -0.15) is 0 Å². The number of aliphatic hydroxyl groups excluding tert-OH is 2. The van der Waals surface area contributed by atoms with Gasteiger partial charge in [-0.3, -0.25) is 28.3 Å². The summed E-state index contributed by atoms with van der Waals surface area (Å²) in [5.41, 5.74) is 3.98. The molecule has 14 nitrogen and oxygen atoms in total. The largest absolute Gasteiger partial charge is 0.472 e. The van der Waals surface area contributed by atoms with Crippen molar-refractivity contribution < 1.29 is 19.7 Å². The van der Waals surface area contributed by atoms with Crippen LogP contribution in [-0.2, 0) is 39.3 Å². The maximum absolute atomic E-state index is 12.2. The summed E-state index contributed by atoms with van der Waals surface area (Å²) in [6, 6.07) is 31.1. The van der Waals surface area contributed by atoms with Gasteiger partial charge in [0.15, 0.2) is 0 Å². The molecule has 0 aliphatic carbocycles. The van der Waals surface area contributed by atoms with Gasteiger partial charge in [0.2, 0.25) is 11.8 Å². The van der Waals surface area contributed by atoms with E-state index in [0.717, 1.165) is 51.3 Å². The number of rotatable bonds is 18.